The standard InChI is InChI=1S/C6H7FN.CH4O4S/c1-8-5-3-2-4-6(8)7;1-5-6(2,3)4/h2-5H,1H3;1H3,(H,2,3,4)/q+1;/p-1. The zero-order valence-electron chi connectivity index (χ0n) is 7.68. The number of nitrogens with zero attached hydrogens (tertiary/aromatic N) is 1. The lowest BCUT2D eigenvalue weighted by atomic mass is 10.5. The first-order chi connectivity index (χ1) is 6.37. The molecule has 7 heteroatoms. The van der Waals surface area contributed by atoms with E-state index in [0.717, 1.165) is 7.11 Å². The van der Waals surface area contributed by atoms with Gasteiger partial charge >= 0.3 is 5.95 Å². The summed E-state index contributed by atoms with van der Waals surface area (Å²) in [6.45, 7) is 0. The lowest BCUT2D eigenvalue weighted by molar-refractivity contribution is -0.700. The summed E-state index contributed by atoms with van der Waals surface area (Å²) < 4.78 is 44.7. The highest BCUT2D eigenvalue weighted by Crippen LogP contribution is 1.83. The molecule has 0 bridgehead atoms. The Balaban J connectivity index is 0.000000255. The Bertz CT molecular complexity index is 358. The average molecular weight is 223 g/mol. The third-order valence-electron chi connectivity index (χ3n) is 1.20. The van der Waals surface area contributed by atoms with Gasteiger partial charge in [-0.3, -0.25) is 4.18 Å². The average Bonchev–Trinajstić information content (AvgIpc) is 2.10. The van der Waals surface area contributed by atoms with Crippen LogP contribution in [-0.4, -0.2) is 20.1 Å². The summed E-state index contributed by atoms with van der Waals surface area (Å²) in [7, 11) is -1.94. The fourth-order valence-electron chi connectivity index (χ4n) is 0.503. The van der Waals surface area contributed by atoms with E-state index in [1.807, 2.05) is 0 Å². The molecule has 0 atom stereocenters. The van der Waals surface area contributed by atoms with E-state index in [9.17, 15) is 17.4 Å². The molecule has 0 saturated heterocycles. The van der Waals surface area contributed by atoms with Crippen LogP contribution in [0.1, 0.15) is 0 Å². The van der Waals surface area contributed by atoms with Crippen molar-refractivity contribution < 1.29 is 26.1 Å². The van der Waals surface area contributed by atoms with Gasteiger partial charge < -0.3 is 4.55 Å². The summed E-state index contributed by atoms with van der Waals surface area (Å²) in [6.07, 6.45) is 1.66. The Kier molecular flexibility index (Phi) is 5.21. The molecule has 0 aliphatic carbocycles. The minimum absolute atomic E-state index is 0.215. The van der Waals surface area contributed by atoms with Crippen LogP contribution < -0.4 is 4.57 Å². The fourth-order valence-corrected chi connectivity index (χ4v) is 0.503. The molecule has 0 unspecified atom stereocenters. The fraction of sp³-hybridized carbons (Fsp3) is 0.286. The summed E-state index contributed by atoms with van der Waals surface area (Å²) in [5, 5.41) is 0. The van der Waals surface area contributed by atoms with Gasteiger partial charge in [0.25, 0.3) is 0 Å². The van der Waals surface area contributed by atoms with Gasteiger partial charge in [0.2, 0.25) is 10.4 Å². The van der Waals surface area contributed by atoms with Crippen LogP contribution in [0.15, 0.2) is 24.4 Å². The van der Waals surface area contributed by atoms with Crippen LogP contribution in [0.5, 0.6) is 0 Å². The van der Waals surface area contributed by atoms with Crippen LogP contribution in [0, 0.1) is 5.95 Å². The highest BCUT2D eigenvalue weighted by molar-refractivity contribution is 7.80. The Labute approximate surface area is 81.7 Å². The largest absolute Gasteiger partial charge is 0.726 e. The Morgan fingerprint density at radius 1 is 1.50 bits per heavy atom. The van der Waals surface area contributed by atoms with E-state index in [4.69, 9.17) is 0 Å². The molecule has 1 heterocycles. The van der Waals surface area contributed by atoms with Gasteiger partial charge in [0.05, 0.1) is 7.11 Å². The number of aryl methyl sites for hydroxylation is 1. The highest BCUT2D eigenvalue weighted by Gasteiger charge is 1.97. The quantitative estimate of drug-likeness (QED) is 0.285. The number of pyridine rings is 1. The lowest BCUT2D eigenvalue weighted by Crippen LogP contribution is -2.31. The summed E-state index contributed by atoms with van der Waals surface area (Å²) >= 11 is 0. The van der Waals surface area contributed by atoms with E-state index >= 15 is 0 Å². The molecule has 0 N–H and O–H groups in total. The summed E-state index contributed by atoms with van der Waals surface area (Å²) in [4.78, 5) is 0. The second kappa shape index (κ2) is 5.63. The molecule has 0 radical (unpaired) electrons. The normalized spacial score (nSPS) is 10.3. The van der Waals surface area contributed by atoms with Crippen molar-refractivity contribution in [3.05, 3.63) is 30.3 Å². The molecule has 0 amide bonds. The second-order valence-corrected chi connectivity index (χ2v) is 3.36. The third kappa shape index (κ3) is 6.46. The van der Waals surface area contributed by atoms with Crippen LogP contribution in [0.2, 0.25) is 0 Å². The van der Waals surface area contributed by atoms with Crippen molar-refractivity contribution in [3.8, 4) is 0 Å². The highest BCUT2D eigenvalue weighted by atomic mass is 32.3. The Morgan fingerprint density at radius 3 is 2.21 bits per heavy atom. The van der Waals surface area contributed by atoms with Gasteiger partial charge in [-0.05, 0) is 6.07 Å². The molecule has 1 aromatic rings. The van der Waals surface area contributed by atoms with Gasteiger partial charge in [-0.15, -0.1) is 4.39 Å². The molecule has 1 rings (SSSR count). The molecule has 0 aliphatic heterocycles. The van der Waals surface area contributed by atoms with Crippen molar-refractivity contribution in [3.63, 3.8) is 0 Å². The van der Waals surface area contributed by atoms with Gasteiger partial charge in [0.15, 0.2) is 6.20 Å². The van der Waals surface area contributed by atoms with Crippen LogP contribution in [0.3, 0.4) is 0 Å². The van der Waals surface area contributed by atoms with Crippen molar-refractivity contribution >= 4 is 10.4 Å². The molecule has 14 heavy (non-hydrogen) atoms. The molecule has 0 aromatic carbocycles. The first kappa shape index (κ1) is 12.9. The van der Waals surface area contributed by atoms with Gasteiger partial charge in [-0.1, -0.05) is 0 Å². The molecule has 0 saturated carbocycles. The van der Waals surface area contributed by atoms with Crippen molar-refractivity contribution in [2.45, 2.75) is 0 Å². The van der Waals surface area contributed by atoms with Crippen LogP contribution >= 0.6 is 0 Å². The van der Waals surface area contributed by atoms with E-state index in [1.165, 1.54) is 10.6 Å². The predicted octanol–water partition coefficient (Wildman–Crippen LogP) is -0.257. The number of halogens is 1. The number of hydrogen-bond acceptors (Lipinski definition) is 4. The maximum Gasteiger partial charge on any atom is 0.359 e. The molecule has 0 aliphatic rings. The van der Waals surface area contributed by atoms with Crippen molar-refractivity contribution in [1.82, 2.24) is 0 Å². The summed E-state index contributed by atoms with van der Waals surface area (Å²) in [6, 6.07) is 4.86. The zero-order chi connectivity index (χ0) is 11.2. The molecule has 1 aromatic heterocycles. The van der Waals surface area contributed by atoms with Gasteiger partial charge in [-0.25, -0.2) is 8.42 Å². The van der Waals surface area contributed by atoms with Crippen LogP contribution in [0.25, 0.3) is 0 Å². The van der Waals surface area contributed by atoms with Gasteiger partial charge in [0.1, 0.15) is 7.05 Å². The monoisotopic (exact) mass is 223 g/mol. The Hall–Kier alpha value is -1.05. The van der Waals surface area contributed by atoms with Crippen LogP contribution in [-0.2, 0) is 21.6 Å². The summed E-state index contributed by atoms with van der Waals surface area (Å²) in [5.74, 6) is -0.215. The molecule has 0 fully saturated rings. The Morgan fingerprint density at radius 2 is 2.00 bits per heavy atom. The predicted molar refractivity (Wildman–Crippen MR) is 44.3 cm³/mol. The molecule has 80 valence electrons. The lowest BCUT2D eigenvalue weighted by Gasteiger charge is -1.98. The minimum Gasteiger partial charge on any atom is -0.726 e. The molecule has 0 spiro atoms. The first-order valence-electron chi connectivity index (χ1n) is 3.48. The minimum atomic E-state index is -4.41. The molecule has 5 nitrogen and oxygen atoms in total. The number of hydrogen-bond donors (Lipinski definition) is 0. The number of rotatable bonds is 1. The maximum absolute atomic E-state index is 12.3. The first-order valence-corrected chi connectivity index (χ1v) is 4.81. The van der Waals surface area contributed by atoms with Gasteiger partial charge in [0, 0.05) is 12.1 Å². The van der Waals surface area contributed by atoms with Crippen LogP contribution in [0.4, 0.5) is 4.39 Å². The summed E-state index contributed by atoms with van der Waals surface area (Å²) in [5.41, 5.74) is 0. The van der Waals surface area contributed by atoms with E-state index in [1.54, 1.807) is 25.4 Å². The smallest absolute Gasteiger partial charge is 0.359 e. The van der Waals surface area contributed by atoms with Gasteiger partial charge in [-0.2, -0.15) is 4.57 Å². The van der Waals surface area contributed by atoms with Crippen molar-refractivity contribution in [2.75, 3.05) is 7.11 Å². The van der Waals surface area contributed by atoms with E-state index < -0.39 is 10.4 Å². The third-order valence-corrected chi connectivity index (χ3v) is 1.60. The van der Waals surface area contributed by atoms with E-state index in [-0.39, 0.29) is 5.95 Å². The second-order valence-electron chi connectivity index (χ2n) is 2.21. The van der Waals surface area contributed by atoms with E-state index in [2.05, 4.69) is 4.18 Å². The molecular formula is C7H10FNO4S. The zero-order valence-corrected chi connectivity index (χ0v) is 8.49. The molecular weight excluding hydrogens is 213 g/mol. The maximum atomic E-state index is 12.3. The topological polar surface area (TPSA) is 70.3 Å². The number of aromatic nitrogens is 1. The van der Waals surface area contributed by atoms with E-state index in [0.29, 0.717) is 0 Å². The van der Waals surface area contributed by atoms with Crippen molar-refractivity contribution in [1.29, 1.82) is 0 Å². The van der Waals surface area contributed by atoms with Crippen molar-refractivity contribution in [2.24, 2.45) is 7.05 Å². The SMILES string of the molecule is COS(=O)(=O)[O-].C[n+]1ccccc1F.